The van der Waals surface area contributed by atoms with Gasteiger partial charge in [-0.15, -0.1) is 15.0 Å². The summed E-state index contributed by atoms with van der Waals surface area (Å²) in [6.07, 6.45) is 1.05. The molecule has 0 saturated carbocycles. The SMILES string of the molecule is CC(C)(C)CC(C)(C)c1cc2cc3nn(nc13)-c1c(O)cccc1-2. The van der Waals surface area contributed by atoms with Gasteiger partial charge in [-0.2, -0.15) is 0 Å². The average molecular weight is 321 g/mol. The van der Waals surface area contributed by atoms with Crippen LogP contribution in [0.3, 0.4) is 0 Å². The van der Waals surface area contributed by atoms with Crippen LogP contribution in [0.15, 0.2) is 30.3 Å². The maximum Gasteiger partial charge on any atom is 0.143 e. The Hall–Kier alpha value is -2.36. The van der Waals surface area contributed by atoms with E-state index in [0.29, 0.717) is 5.69 Å². The molecule has 0 unspecified atom stereocenters. The number of hydrogen-bond acceptors (Lipinski definition) is 3. The lowest BCUT2D eigenvalue weighted by Gasteiger charge is -2.33. The molecule has 24 heavy (non-hydrogen) atoms. The van der Waals surface area contributed by atoms with Crippen molar-refractivity contribution in [2.75, 3.05) is 0 Å². The van der Waals surface area contributed by atoms with Gasteiger partial charge in [0.15, 0.2) is 0 Å². The molecule has 1 aromatic heterocycles. The van der Waals surface area contributed by atoms with Gasteiger partial charge in [0.2, 0.25) is 0 Å². The maximum atomic E-state index is 10.3. The summed E-state index contributed by atoms with van der Waals surface area (Å²) in [5, 5.41) is 19.6. The number of rotatable bonds is 2. The number of hydrogen-bond donors (Lipinski definition) is 1. The van der Waals surface area contributed by atoms with Crippen LogP contribution in [0, 0.1) is 5.41 Å². The van der Waals surface area contributed by atoms with Gasteiger partial charge in [0.1, 0.15) is 22.5 Å². The molecule has 4 nitrogen and oxygen atoms in total. The molecule has 0 aliphatic carbocycles. The molecule has 2 heterocycles. The van der Waals surface area contributed by atoms with Gasteiger partial charge < -0.3 is 5.11 Å². The molecular formula is C20H23N3O. The molecule has 124 valence electrons. The lowest BCUT2D eigenvalue weighted by molar-refractivity contribution is 0.285. The predicted molar refractivity (Wildman–Crippen MR) is 96.6 cm³/mol. The summed E-state index contributed by atoms with van der Waals surface area (Å²) in [5.74, 6) is 0.208. The standard InChI is InChI=1S/C20H23N3O/c1-19(2,3)11-20(4,5)14-9-12-10-15-17(14)22-23(21-15)18-13(12)7-6-8-16(18)24/h6-10,24H,11H2,1-5H3. The van der Waals surface area contributed by atoms with Gasteiger partial charge in [0, 0.05) is 5.56 Å². The Kier molecular flexibility index (Phi) is 2.91. The van der Waals surface area contributed by atoms with E-state index in [4.69, 9.17) is 5.10 Å². The quantitative estimate of drug-likeness (QED) is 0.576. The third-order valence-corrected chi connectivity index (χ3v) is 4.71. The molecule has 4 rings (SSSR count). The van der Waals surface area contributed by atoms with Gasteiger partial charge in [0.05, 0.1) is 0 Å². The van der Waals surface area contributed by atoms with Crippen molar-refractivity contribution in [3.05, 3.63) is 35.9 Å². The van der Waals surface area contributed by atoms with Crippen molar-refractivity contribution in [3.8, 4) is 22.6 Å². The highest BCUT2D eigenvalue weighted by molar-refractivity contribution is 5.90. The van der Waals surface area contributed by atoms with Crippen LogP contribution in [0.25, 0.3) is 27.8 Å². The van der Waals surface area contributed by atoms with E-state index in [9.17, 15) is 5.11 Å². The Morgan fingerprint density at radius 1 is 1.04 bits per heavy atom. The highest BCUT2D eigenvalue weighted by Gasteiger charge is 2.32. The Bertz CT molecular complexity index is 961. The first-order valence-corrected chi connectivity index (χ1v) is 8.40. The zero-order valence-corrected chi connectivity index (χ0v) is 14.9. The normalized spacial score (nSPS) is 13.5. The van der Waals surface area contributed by atoms with Crippen molar-refractivity contribution in [2.45, 2.75) is 46.5 Å². The second-order valence-corrected chi connectivity index (χ2v) is 8.68. The highest BCUT2D eigenvalue weighted by atomic mass is 16.3. The first-order chi connectivity index (χ1) is 11.2. The van der Waals surface area contributed by atoms with Gasteiger partial charge in [-0.25, -0.2) is 0 Å². The van der Waals surface area contributed by atoms with Gasteiger partial charge in [0.25, 0.3) is 0 Å². The number of phenolic OH excluding ortho intramolecular Hbond substituents is 1. The van der Waals surface area contributed by atoms with Crippen LogP contribution in [0.5, 0.6) is 5.75 Å². The summed E-state index contributed by atoms with van der Waals surface area (Å²) in [7, 11) is 0. The van der Waals surface area contributed by atoms with Gasteiger partial charge in [-0.05, 0) is 46.6 Å². The number of para-hydroxylation sites is 1. The van der Waals surface area contributed by atoms with Crippen molar-refractivity contribution in [1.82, 2.24) is 15.0 Å². The molecule has 1 aliphatic heterocycles. The molecule has 0 amide bonds. The lowest BCUT2D eigenvalue weighted by atomic mass is 9.71. The molecule has 1 aliphatic rings. The van der Waals surface area contributed by atoms with Crippen molar-refractivity contribution in [1.29, 1.82) is 0 Å². The molecule has 0 radical (unpaired) electrons. The van der Waals surface area contributed by atoms with E-state index >= 15 is 0 Å². The smallest absolute Gasteiger partial charge is 0.143 e. The number of nitrogens with zero attached hydrogens (tertiary/aromatic N) is 3. The second-order valence-electron chi connectivity index (χ2n) is 8.68. The molecule has 1 N–H and O–H groups in total. The van der Waals surface area contributed by atoms with Crippen LogP contribution in [-0.4, -0.2) is 20.1 Å². The fourth-order valence-electron chi connectivity index (χ4n) is 4.19. The number of aromatic hydroxyl groups is 1. The molecule has 0 fully saturated rings. The third kappa shape index (κ3) is 2.20. The fourth-order valence-corrected chi connectivity index (χ4v) is 4.19. The first kappa shape index (κ1) is 15.2. The predicted octanol–water partition coefficient (Wildman–Crippen LogP) is 4.82. The Labute approximate surface area is 142 Å². The fraction of sp³-hybridized carbons (Fsp3) is 0.400. The molecule has 0 saturated heterocycles. The summed E-state index contributed by atoms with van der Waals surface area (Å²) in [6.45, 7) is 11.4. The summed E-state index contributed by atoms with van der Waals surface area (Å²) in [6, 6.07) is 9.86. The molecule has 0 atom stereocenters. The number of benzene rings is 2. The molecule has 3 aromatic rings. The number of fused-ring (bicyclic) bond motifs is 5. The highest BCUT2D eigenvalue weighted by Crippen LogP contribution is 2.43. The summed E-state index contributed by atoms with van der Waals surface area (Å²) in [5.41, 5.74) is 5.99. The van der Waals surface area contributed by atoms with Gasteiger partial charge >= 0.3 is 0 Å². The molecule has 4 heteroatoms. The van der Waals surface area contributed by atoms with E-state index in [2.05, 4.69) is 51.9 Å². The number of phenols is 1. The minimum Gasteiger partial charge on any atom is -0.506 e. The monoisotopic (exact) mass is 321 g/mol. The maximum absolute atomic E-state index is 10.3. The van der Waals surface area contributed by atoms with E-state index in [-0.39, 0.29) is 16.6 Å². The van der Waals surface area contributed by atoms with Crippen LogP contribution in [0.2, 0.25) is 0 Å². The van der Waals surface area contributed by atoms with Crippen molar-refractivity contribution in [3.63, 3.8) is 0 Å². The Balaban J connectivity index is 1.99. The average Bonchev–Trinajstić information content (AvgIpc) is 2.79. The van der Waals surface area contributed by atoms with Crippen LogP contribution in [-0.2, 0) is 5.41 Å². The summed E-state index contributed by atoms with van der Waals surface area (Å²) >= 11 is 0. The summed E-state index contributed by atoms with van der Waals surface area (Å²) < 4.78 is 0. The van der Waals surface area contributed by atoms with E-state index in [1.807, 2.05) is 12.1 Å². The molecule has 0 spiro atoms. The van der Waals surface area contributed by atoms with Crippen LogP contribution in [0.4, 0.5) is 0 Å². The van der Waals surface area contributed by atoms with Crippen molar-refractivity contribution >= 4 is 11.0 Å². The number of aromatic nitrogens is 3. The second kappa shape index (κ2) is 4.59. The summed E-state index contributed by atoms with van der Waals surface area (Å²) in [4.78, 5) is 1.58. The van der Waals surface area contributed by atoms with Crippen molar-refractivity contribution in [2.24, 2.45) is 5.41 Å². The molecular weight excluding hydrogens is 298 g/mol. The Morgan fingerprint density at radius 3 is 2.50 bits per heavy atom. The van der Waals surface area contributed by atoms with Crippen LogP contribution in [0.1, 0.15) is 46.6 Å². The topological polar surface area (TPSA) is 50.9 Å². The van der Waals surface area contributed by atoms with E-state index < -0.39 is 0 Å². The van der Waals surface area contributed by atoms with E-state index in [1.54, 1.807) is 10.9 Å². The van der Waals surface area contributed by atoms with Gasteiger partial charge in [-0.3, -0.25) is 0 Å². The zero-order valence-electron chi connectivity index (χ0n) is 14.9. The van der Waals surface area contributed by atoms with Crippen LogP contribution >= 0.6 is 0 Å². The Morgan fingerprint density at radius 2 is 1.79 bits per heavy atom. The first-order valence-electron chi connectivity index (χ1n) is 8.40. The minimum atomic E-state index is -0.0122. The van der Waals surface area contributed by atoms with E-state index in [1.165, 1.54) is 5.56 Å². The van der Waals surface area contributed by atoms with E-state index in [0.717, 1.165) is 28.6 Å². The van der Waals surface area contributed by atoms with Crippen molar-refractivity contribution < 1.29 is 5.11 Å². The zero-order chi connectivity index (χ0) is 17.3. The van der Waals surface area contributed by atoms with Gasteiger partial charge in [-0.1, -0.05) is 46.8 Å². The molecule has 2 aromatic carbocycles. The molecule has 3 bridgehead atoms. The minimum absolute atomic E-state index is 0.0122. The van der Waals surface area contributed by atoms with Crippen LogP contribution < -0.4 is 0 Å². The lowest BCUT2D eigenvalue weighted by Crippen LogP contribution is -2.25. The third-order valence-electron chi connectivity index (χ3n) is 4.71. The largest absolute Gasteiger partial charge is 0.506 e.